The van der Waals surface area contributed by atoms with E-state index < -0.39 is 11.7 Å². The number of alkyl halides is 3. The smallest absolute Gasteiger partial charge is 0.355 e. The van der Waals surface area contributed by atoms with Crippen molar-refractivity contribution in [1.29, 1.82) is 0 Å². The lowest BCUT2D eigenvalue weighted by Crippen LogP contribution is -2.47. The van der Waals surface area contributed by atoms with Gasteiger partial charge in [-0.2, -0.15) is 13.2 Å². The number of piperidine rings is 1. The van der Waals surface area contributed by atoms with E-state index >= 15 is 0 Å². The molecule has 2 fully saturated rings. The Morgan fingerprint density at radius 3 is 2.52 bits per heavy atom. The van der Waals surface area contributed by atoms with E-state index in [0.717, 1.165) is 38.2 Å². The molecular weight excluding hydrogens is 355 g/mol. The molecule has 150 valence electrons. The summed E-state index contributed by atoms with van der Waals surface area (Å²) in [6.07, 6.45) is 5.12. The number of carbonyl (C=O) groups excluding carboxylic acids is 1. The summed E-state index contributed by atoms with van der Waals surface area (Å²) >= 11 is 0. The molecule has 0 bridgehead atoms. The number of hydrogen-bond acceptors (Lipinski definition) is 3. The summed E-state index contributed by atoms with van der Waals surface area (Å²) in [5, 5.41) is 0. The van der Waals surface area contributed by atoms with Gasteiger partial charge in [-0.1, -0.05) is 25.7 Å². The van der Waals surface area contributed by atoms with E-state index in [2.05, 4.69) is 4.98 Å². The molecule has 1 aromatic heterocycles. The summed E-state index contributed by atoms with van der Waals surface area (Å²) in [7, 11) is 1.86. The summed E-state index contributed by atoms with van der Waals surface area (Å²) < 4.78 is 40.0. The number of anilines is 1. The van der Waals surface area contributed by atoms with Crippen LogP contribution < -0.4 is 4.90 Å². The number of hydrogen-bond donors (Lipinski definition) is 0. The first-order valence-electron chi connectivity index (χ1n) is 9.91. The fourth-order valence-corrected chi connectivity index (χ4v) is 4.35. The fourth-order valence-electron chi connectivity index (χ4n) is 4.35. The van der Waals surface area contributed by atoms with Crippen LogP contribution >= 0.6 is 0 Å². The van der Waals surface area contributed by atoms with Crippen LogP contribution in [0.4, 0.5) is 19.0 Å². The third kappa shape index (κ3) is 4.74. The van der Waals surface area contributed by atoms with Gasteiger partial charge in [-0.05, 0) is 37.8 Å². The molecule has 1 saturated carbocycles. The van der Waals surface area contributed by atoms with Crippen molar-refractivity contribution < 1.29 is 18.0 Å². The van der Waals surface area contributed by atoms with Crippen LogP contribution in [0.15, 0.2) is 18.3 Å². The molecule has 1 amide bonds. The molecule has 1 atom stereocenters. The van der Waals surface area contributed by atoms with Crippen LogP contribution in [0.3, 0.4) is 0 Å². The molecule has 27 heavy (non-hydrogen) atoms. The SMILES string of the molecule is CN(C(=O)C1CCCN(c2ncccc2C(F)(F)F)C1)C1CCCCCC1. The molecule has 4 nitrogen and oxygen atoms in total. The van der Waals surface area contributed by atoms with Crippen molar-refractivity contribution in [3.8, 4) is 0 Å². The van der Waals surface area contributed by atoms with Gasteiger partial charge in [0.2, 0.25) is 5.91 Å². The molecule has 1 aromatic rings. The average Bonchev–Trinajstić information content (AvgIpc) is 2.96. The quantitative estimate of drug-likeness (QED) is 0.721. The lowest BCUT2D eigenvalue weighted by atomic mass is 9.95. The zero-order chi connectivity index (χ0) is 19.4. The summed E-state index contributed by atoms with van der Waals surface area (Å²) in [5.74, 6) is -0.259. The van der Waals surface area contributed by atoms with Gasteiger partial charge in [-0.3, -0.25) is 4.79 Å². The van der Waals surface area contributed by atoms with Crippen LogP contribution in [0.5, 0.6) is 0 Å². The van der Waals surface area contributed by atoms with Gasteiger partial charge in [0.15, 0.2) is 0 Å². The number of halogens is 3. The van der Waals surface area contributed by atoms with E-state index in [4.69, 9.17) is 0 Å². The van der Waals surface area contributed by atoms with Crippen LogP contribution in [0, 0.1) is 5.92 Å². The van der Waals surface area contributed by atoms with Gasteiger partial charge in [-0.25, -0.2) is 4.98 Å². The largest absolute Gasteiger partial charge is 0.419 e. The maximum atomic E-state index is 13.3. The highest BCUT2D eigenvalue weighted by atomic mass is 19.4. The topological polar surface area (TPSA) is 36.4 Å². The molecule has 1 unspecified atom stereocenters. The third-order valence-corrected chi connectivity index (χ3v) is 5.88. The summed E-state index contributed by atoms with van der Waals surface area (Å²) in [6.45, 7) is 0.799. The first kappa shape index (κ1) is 20.0. The fraction of sp³-hybridized carbons (Fsp3) is 0.700. The predicted octanol–water partition coefficient (Wildman–Crippen LogP) is 4.50. The number of amides is 1. The second-order valence-electron chi connectivity index (χ2n) is 7.75. The van der Waals surface area contributed by atoms with E-state index in [-0.39, 0.29) is 23.7 Å². The van der Waals surface area contributed by atoms with E-state index in [1.54, 1.807) is 4.90 Å². The molecule has 0 N–H and O–H groups in total. The molecular formula is C20H28F3N3O. The monoisotopic (exact) mass is 383 g/mol. The molecule has 0 spiro atoms. The van der Waals surface area contributed by atoms with Crippen molar-refractivity contribution >= 4 is 11.7 Å². The number of aromatic nitrogens is 1. The van der Waals surface area contributed by atoms with Crippen molar-refractivity contribution in [3.05, 3.63) is 23.9 Å². The third-order valence-electron chi connectivity index (χ3n) is 5.88. The Kier molecular flexibility index (Phi) is 6.27. The second-order valence-corrected chi connectivity index (χ2v) is 7.75. The Hall–Kier alpha value is -1.79. The zero-order valence-electron chi connectivity index (χ0n) is 15.8. The van der Waals surface area contributed by atoms with Gasteiger partial charge in [0, 0.05) is 32.4 Å². The Morgan fingerprint density at radius 1 is 1.15 bits per heavy atom. The predicted molar refractivity (Wildman–Crippen MR) is 98.4 cm³/mol. The van der Waals surface area contributed by atoms with Gasteiger partial charge in [-0.15, -0.1) is 0 Å². The first-order valence-corrected chi connectivity index (χ1v) is 9.91. The minimum absolute atomic E-state index is 0.0559. The van der Waals surface area contributed by atoms with Crippen molar-refractivity contribution in [1.82, 2.24) is 9.88 Å². The highest BCUT2D eigenvalue weighted by molar-refractivity contribution is 5.80. The molecule has 2 heterocycles. The van der Waals surface area contributed by atoms with Crippen molar-refractivity contribution in [2.24, 2.45) is 5.92 Å². The van der Waals surface area contributed by atoms with Crippen LogP contribution in [0.2, 0.25) is 0 Å². The minimum atomic E-state index is -4.45. The Balaban J connectivity index is 1.72. The molecule has 1 aliphatic carbocycles. The molecule has 2 aliphatic rings. The Labute approximate surface area is 158 Å². The van der Waals surface area contributed by atoms with Crippen LogP contribution in [0.25, 0.3) is 0 Å². The Morgan fingerprint density at radius 2 is 1.85 bits per heavy atom. The first-order chi connectivity index (χ1) is 12.9. The molecule has 1 saturated heterocycles. The average molecular weight is 383 g/mol. The maximum absolute atomic E-state index is 13.3. The van der Waals surface area contributed by atoms with E-state index in [9.17, 15) is 18.0 Å². The van der Waals surface area contributed by atoms with Crippen LogP contribution in [-0.4, -0.2) is 42.0 Å². The lowest BCUT2D eigenvalue weighted by Gasteiger charge is -2.37. The summed E-state index contributed by atoms with van der Waals surface area (Å²) in [4.78, 5) is 20.5. The Bertz CT molecular complexity index is 642. The molecule has 3 rings (SSSR count). The normalized spacial score (nSPS) is 22.4. The second kappa shape index (κ2) is 8.48. The zero-order valence-corrected chi connectivity index (χ0v) is 15.8. The summed E-state index contributed by atoms with van der Waals surface area (Å²) in [6, 6.07) is 2.63. The molecule has 0 radical (unpaired) electrons. The van der Waals surface area contributed by atoms with E-state index in [0.29, 0.717) is 19.5 Å². The number of pyridine rings is 1. The van der Waals surface area contributed by atoms with Gasteiger partial charge in [0.05, 0.1) is 11.5 Å². The van der Waals surface area contributed by atoms with E-state index in [1.807, 2.05) is 11.9 Å². The number of nitrogens with zero attached hydrogens (tertiary/aromatic N) is 3. The highest BCUT2D eigenvalue weighted by Gasteiger charge is 2.38. The number of rotatable bonds is 3. The van der Waals surface area contributed by atoms with Gasteiger partial charge in [0.25, 0.3) is 0 Å². The van der Waals surface area contributed by atoms with Gasteiger partial charge < -0.3 is 9.80 Å². The highest BCUT2D eigenvalue weighted by Crippen LogP contribution is 2.36. The van der Waals surface area contributed by atoms with Crippen molar-refractivity contribution in [2.75, 3.05) is 25.0 Å². The minimum Gasteiger partial charge on any atom is -0.355 e. The van der Waals surface area contributed by atoms with Crippen molar-refractivity contribution in [2.45, 2.75) is 63.6 Å². The van der Waals surface area contributed by atoms with Crippen molar-refractivity contribution in [3.63, 3.8) is 0 Å². The maximum Gasteiger partial charge on any atom is 0.419 e. The van der Waals surface area contributed by atoms with Gasteiger partial charge >= 0.3 is 6.18 Å². The van der Waals surface area contributed by atoms with Crippen LogP contribution in [-0.2, 0) is 11.0 Å². The molecule has 1 aliphatic heterocycles. The summed E-state index contributed by atoms with van der Waals surface area (Å²) in [5.41, 5.74) is -0.727. The lowest BCUT2D eigenvalue weighted by molar-refractivity contribution is -0.137. The number of carbonyl (C=O) groups is 1. The molecule has 7 heteroatoms. The standard InChI is InChI=1S/C20H28F3N3O/c1-25(16-9-4-2-3-5-10-16)19(27)15-8-7-13-26(14-15)18-17(20(21,22)23)11-6-12-24-18/h6,11-12,15-16H,2-5,7-10,13-14H2,1H3. The van der Waals surface area contributed by atoms with E-state index in [1.165, 1.54) is 25.1 Å². The molecule has 0 aromatic carbocycles. The van der Waals surface area contributed by atoms with Gasteiger partial charge in [0.1, 0.15) is 5.82 Å². The van der Waals surface area contributed by atoms with Crippen LogP contribution in [0.1, 0.15) is 56.9 Å².